The van der Waals surface area contributed by atoms with Crippen LogP contribution in [0.25, 0.3) is 0 Å². The Morgan fingerprint density at radius 3 is 2.35 bits per heavy atom. The van der Waals surface area contributed by atoms with E-state index in [1.165, 1.54) is 11.3 Å². The summed E-state index contributed by atoms with van der Waals surface area (Å²) in [5.41, 5.74) is 0.759. The Hall–Kier alpha value is -0.390. The second-order valence-electron chi connectivity index (χ2n) is 4.06. The third-order valence-corrected chi connectivity index (χ3v) is 4.56. The van der Waals surface area contributed by atoms with E-state index in [0.29, 0.717) is 20.8 Å². The van der Waals surface area contributed by atoms with Gasteiger partial charge in [0, 0.05) is 11.1 Å². The standard InChI is InChI=1S/C13H10Cl3F2NS/c1-2-19-12(7-4-11(15)20-13(7)16)6-3-10(18)8(14)5-9(6)17/h3-5,12,19H,2H2,1H3. The summed E-state index contributed by atoms with van der Waals surface area (Å²) in [6.07, 6.45) is 0. The van der Waals surface area contributed by atoms with Gasteiger partial charge in [0.15, 0.2) is 0 Å². The Balaban J connectivity index is 2.54. The predicted molar refractivity (Wildman–Crippen MR) is 81.2 cm³/mol. The number of thiophene rings is 1. The van der Waals surface area contributed by atoms with Crippen LogP contribution in [0.15, 0.2) is 18.2 Å². The highest BCUT2D eigenvalue weighted by Gasteiger charge is 2.23. The molecule has 0 amide bonds. The second kappa shape index (κ2) is 6.58. The van der Waals surface area contributed by atoms with Crippen LogP contribution in [-0.4, -0.2) is 6.54 Å². The van der Waals surface area contributed by atoms with Crippen LogP contribution in [0.1, 0.15) is 24.1 Å². The highest BCUT2D eigenvalue weighted by Crippen LogP contribution is 2.38. The Labute approximate surface area is 134 Å². The first kappa shape index (κ1) is 16.0. The zero-order valence-corrected chi connectivity index (χ0v) is 13.4. The third-order valence-electron chi connectivity index (χ3n) is 2.75. The molecule has 0 aliphatic rings. The van der Waals surface area contributed by atoms with Crippen molar-refractivity contribution in [3.05, 3.63) is 54.7 Å². The van der Waals surface area contributed by atoms with E-state index in [9.17, 15) is 8.78 Å². The average molecular weight is 357 g/mol. The molecule has 1 N–H and O–H groups in total. The van der Waals surface area contributed by atoms with Gasteiger partial charge in [-0.2, -0.15) is 0 Å². The van der Waals surface area contributed by atoms with E-state index in [-0.39, 0.29) is 10.6 Å². The molecule has 1 atom stereocenters. The molecule has 1 nitrogen and oxygen atoms in total. The van der Waals surface area contributed by atoms with Gasteiger partial charge in [0.25, 0.3) is 0 Å². The van der Waals surface area contributed by atoms with E-state index in [1.54, 1.807) is 6.07 Å². The maximum absolute atomic E-state index is 14.1. The predicted octanol–water partition coefficient (Wildman–Crippen LogP) is 5.69. The fourth-order valence-electron chi connectivity index (χ4n) is 1.90. The minimum atomic E-state index is -0.677. The van der Waals surface area contributed by atoms with Crippen molar-refractivity contribution < 1.29 is 8.78 Å². The van der Waals surface area contributed by atoms with Crippen LogP contribution in [0.5, 0.6) is 0 Å². The van der Waals surface area contributed by atoms with Gasteiger partial charge >= 0.3 is 0 Å². The van der Waals surface area contributed by atoms with Gasteiger partial charge in [-0.1, -0.05) is 41.7 Å². The molecule has 2 aromatic rings. The second-order valence-corrected chi connectivity index (χ2v) is 6.75. The van der Waals surface area contributed by atoms with Crippen molar-refractivity contribution >= 4 is 46.1 Å². The van der Waals surface area contributed by atoms with Crippen LogP contribution in [0, 0.1) is 11.6 Å². The molecular weight excluding hydrogens is 347 g/mol. The molecule has 1 aromatic carbocycles. The van der Waals surface area contributed by atoms with Crippen LogP contribution < -0.4 is 5.32 Å². The Bertz CT molecular complexity index is 630. The van der Waals surface area contributed by atoms with Crippen molar-refractivity contribution in [1.82, 2.24) is 5.32 Å². The number of nitrogens with one attached hydrogen (secondary N) is 1. The largest absolute Gasteiger partial charge is 0.306 e. The molecule has 1 unspecified atom stereocenters. The summed E-state index contributed by atoms with van der Waals surface area (Å²) < 4.78 is 28.6. The molecule has 0 spiro atoms. The quantitative estimate of drug-likeness (QED) is 0.694. The summed E-state index contributed by atoms with van der Waals surface area (Å²) in [6, 6.07) is 3.10. The first-order valence-electron chi connectivity index (χ1n) is 5.76. The minimum Gasteiger partial charge on any atom is -0.306 e. The van der Waals surface area contributed by atoms with Gasteiger partial charge in [-0.25, -0.2) is 8.78 Å². The van der Waals surface area contributed by atoms with E-state index in [0.717, 1.165) is 12.1 Å². The van der Waals surface area contributed by atoms with E-state index >= 15 is 0 Å². The lowest BCUT2D eigenvalue weighted by molar-refractivity contribution is 0.545. The number of hydrogen-bond acceptors (Lipinski definition) is 2. The SMILES string of the molecule is CCNC(c1cc(F)c(Cl)cc1F)c1cc(Cl)sc1Cl. The molecule has 1 heterocycles. The van der Waals surface area contributed by atoms with Crippen LogP contribution in [0.4, 0.5) is 8.78 Å². The molecular formula is C13H10Cl3F2NS. The molecule has 0 saturated heterocycles. The van der Waals surface area contributed by atoms with Crippen molar-refractivity contribution in [2.45, 2.75) is 13.0 Å². The fourth-order valence-corrected chi connectivity index (χ4v) is 3.58. The molecule has 0 aliphatic heterocycles. The molecule has 0 saturated carbocycles. The average Bonchev–Trinajstić information content (AvgIpc) is 2.70. The van der Waals surface area contributed by atoms with Gasteiger partial charge in [-0.05, 0) is 24.7 Å². The topological polar surface area (TPSA) is 12.0 Å². The number of halogens is 5. The lowest BCUT2D eigenvalue weighted by Crippen LogP contribution is -2.23. The third kappa shape index (κ3) is 3.26. The normalized spacial score (nSPS) is 12.7. The van der Waals surface area contributed by atoms with Crippen molar-refractivity contribution in [3.63, 3.8) is 0 Å². The van der Waals surface area contributed by atoms with Gasteiger partial charge in [0.1, 0.15) is 11.6 Å². The lowest BCUT2D eigenvalue weighted by Gasteiger charge is -2.19. The molecule has 0 fully saturated rings. The molecule has 0 aliphatic carbocycles. The van der Waals surface area contributed by atoms with Crippen molar-refractivity contribution in [3.8, 4) is 0 Å². The highest BCUT2D eigenvalue weighted by atomic mass is 35.5. The van der Waals surface area contributed by atoms with Gasteiger partial charge < -0.3 is 5.32 Å². The molecule has 0 radical (unpaired) electrons. The fraction of sp³-hybridized carbons (Fsp3) is 0.231. The molecule has 20 heavy (non-hydrogen) atoms. The number of hydrogen-bond donors (Lipinski definition) is 1. The van der Waals surface area contributed by atoms with E-state index in [4.69, 9.17) is 34.8 Å². The van der Waals surface area contributed by atoms with E-state index < -0.39 is 17.7 Å². The monoisotopic (exact) mass is 355 g/mol. The molecule has 7 heteroatoms. The molecule has 0 bridgehead atoms. The van der Waals surface area contributed by atoms with Crippen LogP contribution in [0.3, 0.4) is 0 Å². The summed E-state index contributed by atoms with van der Waals surface area (Å²) in [7, 11) is 0. The van der Waals surface area contributed by atoms with Crippen LogP contribution in [-0.2, 0) is 0 Å². The number of benzene rings is 1. The summed E-state index contributed by atoms with van der Waals surface area (Å²) in [5.74, 6) is -1.27. The van der Waals surface area contributed by atoms with Gasteiger partial charge in [-0.3, -0.25) is 0 Å². The van der Waals surface area contributed by atoms with E-state index in [2.05, 4.69) is 5.32 Å². The molecule has 2 rings (SSSR count). The van der Waals surface area contributed by atoms with Crippen LogP contribution >= 0.6 is 46.1 Å². The zero-order chi connectivity index (χ0) is 14.9. The smallest absolute Gasteiger partial charge is 0.142 e. The lowest BCUT2D eigenvalue weighted by atomic mass is 10.0. The summed E-state index contributed by atoms with van der Waals surface area (Å²) in [4.78, 5) is 0. The highest BCUT2D eigenvalue weighted by molar-refractivity contribution is 7.20. The molecule has 1 aromatic heterocycles. The molecule has 108 valence electrons. The summed E-state index contributed by atoms with van der Waals surface area (Å²) in [6.45, 7) is 2.41. The van der Waals surface area contributed by atoms with Crippen molar-refractivity contribution in [2.24, 2.45) is 0 Å². The van der Waals surface area contributed by atoms with E-state index in [1.807, 2.05) is 6.92 Å². The summed E-state index contributed by atoms with van der Waals surface area (Å²) >= 11 is 18.8. The maximum Gasteiger partial charge on any atom is 0.142 e. The Morgan fingerprint density at radius 1 is 1.10 bits per heavy atom. The first-order valence-corrected chi connectivity index (χ1v) is 7.71. The van der Waals surface area contributed by atoms with Crippen molar-refractivity contribution in [2.75, 3.05) is 6.54 Å². The zero-order valence-electron chi connectivity index (χ0n) is 10.3. The van der Waals surface area contributed by atoms with Crippen LogP contribution in [0.2, 0.25) is 13.7 Å². The Kier molecular flexibility index (Phi) is 5.26. The maximum atomic E-state index is 14.1. The van der Waals surface area contributed by atoms with Gasteiger partial charge in [0.2, 0.25) is 0 Å². The Morgan fingerprint density at radius 2 is 1.80 bits per heavy atom. The summed E-state index contributed by atoms with van der Waals surface area (Å²) in [5, 5.41) is 2.82. The van der Waals surface area contributed by atoms with Gasteiger partial charge in [0.05, 0.1) is 19.7 Å². The minimum absolute atomic E-state index is 0.144. The van der Waals surface area contributed by atoms with Crippen molar-refractivity contribution in [1.29, 1.82) is 0 Å². The number of rotatable bonds is 4. The first-order chi connectivity index (χ1) is 9.43. The van der Waals surface area contributed by atoms with Gasteiger partial charge in [-0.15, -0.1) is 11.3 Å².